The van der Waals surface area contributed by atoms with Crippen LogP contribution in [0, 0.1) is 5.82 Å². The fourth-order valence-corrected chi connectivity index (χ4v) is 2.16. The SMILES string of the molecule is COC(=O)[C@H](C)n1cnc2c(nnn2-c2cccc(F)c2)c1=O. The van der Waals surface area contributed by atoms with E-state index in [1.807, 2.05) is 0 Å². The van der Waals surface area contributed by atoms with E-state index in [0.717, 1.165) is 4.57 Å². The van der Waals surface area contributed by atoms with Gasteiger partial charge in [0, 0.05) is 0 Å². The second-order valence-corrected chi connectivity index (χ2v) is 4.81. The molecule has 0 bridgehead atoms. The van der Waals surface area contributed by atoms with Crippen molar-refractivity contribution < 1.29 is 13.9 Å². The fraction of sp³-hybridized carbons (Fsp3) is 0.214. The molecule has 0 radical (unpaired) electrons. The Hall–Kier alpha value is -3.10. The lowest BCUT2D eigenvalue weighted by atomic mass is 10.3. The van der Waals surface area contributed by atoms with Crippen molar-refractivity contribution in [3.63, 3.8) is 0 Å². The number of esters is 1. The maximum absolute atomic E-state index is 13.3. The Kier molecular flexibility index (Phi) is 3.61. The molecule has 3 rings (SSSR count). The number of aromatic nitrogens is 5. The summed E-state index contributed by atoms with van der Waals surface area (Å²) in [6, 6.07) is 4.82. The Labute approximate surface area is 129 Å². The molecule has 23 heavy (non-hydrogen) atoms. The van der Waals surface area contributed by atoms with Crippen LogP contribution >= 0.6 is 0 Å². The van der Waals surface area contributed by atoms with Gasteiger partial charge in [-0.2, -0.15) is 4.68 Å². The molecular weight excluding hydrogens is 305 g/mol. The molecule has 0 aliphatic carbocycles. The van der Waals surface area contributed by atoms with E-state index in [2.05, 4.69) is 20.0 Å². The number of rotatable bonds is 3. The van der Waals surface area contributed by atoms with Crippen molar-refractivity contribution in [2.45, 2.75) is 13.0 Å². The molecule has 0 spiro atoms. The molecule has 1 atom stereocenters. The second-order valence-electron chi connectivity index (χ2n) is 4.81. The predicted octanol–water partition coefficient (Wildman–Crippen LogP) is 0.850. The molecule has 2 heterocycles. The average Bonchev–Trinajstić information content (AvgIpc) is 2.99. The van der Waals surface area contributed by atoms with Gasteiger partial charge in [0.1, 0.15) is 18.2 Å². The number of hydrogen-bond donors (Lipinski definition) is 0. The molecule has 0 fully saturated rings. The van der Waals surface area contributed by atoms with Crippen molar-refractivity contribution >= 4 is 17.1 Å². The van der Waals surface area contributed by atoms with Gasteiger partial charge in [-0.25, -0.2) is 14.2 Å². The summed E-state index contributed by atoms with van der Waals surface area (Å²) >= 11 is 0. The fourth-order valence-electron chi connectivity index (χ4n) is 2.16. The van der Waals surface area contributed by atoms with Crippen molar-refractivity contribution in [3.05, 3.63) is 46.8 Å². The van der Waals surface area contributed by atoms with Gasteiger partial charge in [-0.1, -0.05) is 11.3 Å². The minimum Gasteiger partial charge on any atom is -0.467 e. The van der Waals surface area contributed by atoms with Gasteiger partial charge in [-0.15, -0.1) is 5.10 Å². The van der Waals surface area contributed by atoms with E-state index in [9.17, 15) is 14.0 Å². The molecule has 3 aromatic rings. The van der Waals surface area contributed by atoms with Gasteiger partial charge in [-0.05, 0) is 25.1 Å². The Balaban J connectivity index is 2.15. The first-order chi connectivity index (χ1) is 11.0. The molecule has 0 saturated carbocycles. The standard InChI is InChI=1S/C14H12FN5O3/c1-8(14(22)23-2)19-7-16-12-11(13(19)21)17-18-20(12)10-5-3-4-9(15)6-10/h3-8H,1-2H3/t8-/m0/s1. The van der Waals surface area contributed by atoms with Crippen LogP contribution in [0.25, 0.3) is 16.9 Å². The molecule has 0 aliphatic rings. The second kappa shape index (κ2) is 5.59. The quantitative estimate of drug-likeness (QED) is 0.665. The van der Waals surface area contributed by atoms with E-state index in [1.165, 1.54) is 43.2 Å². The van der Waals surface area contributed by atoms with Crippen LogP contribution in [0.4, 0.5) is 4.39 Å². The monoisotopic (exact) mass is 317 g/mol. The van der Waals surface area contributed by atoms with Crippen molar-refractivity contribution in [1.29, 1.82) is 0 Å². The Morgan fingerprint density at radius 1 is 1.39 bits per heavy atom. The third-order valence-corrected chi connectivity index (χ3v) is 3.40. The molecule has 0 amide bonds. The average molecular weight is 317 g/mol. The zero-order chi connectivity index (χ0) is 16.6. The number of carbonyl (C=O) groups is 1. The maximum Gasteiger partial charge on any atom is 0.328 e. The number of ether oxygens (including phenoxy) is 1. The lowest BCUT2D eigenvalue weighted by molar-refractivity contribution is -0.144. The van der Waals surface area contributed by atoms with Crippen LogP contribution in [0.5, 0.6) is 0 Å². The highest BCUT2D eigenvalue weighted by Gasteiger charge is 2.20. The van der Waals surface area contributed by atoms with Crippen molar-refractivity contribution in [2.24, 2.45) is 0 Å². The summed E-state index contributed by atoms with van der Waals surface area (Å²) in [4.78, 5) is 28.1. The van der Waals surface area contributed by atoms with Crippen molar-refractivity contribution in [2.75, 3.05) is 7.11 Å². The van der Waals surface area contributed by atoms with Gasteiger partial charge in [0.2, 0.25) is 0 Å². The normalized spacial score (nSPS) is 12.3. The van der Waals surface area contributed by atoms with Crippen LogP contribution < -0.4 is 5.56 Å². The number of benzene rings is 1. The topological polar surface area (TPSA) is 91.9 Å². The number of fused-ring (bicyclic) bond motifs is 1. The highest BCUT2D eigenvalue weighted by atomic mass is 19.1. The van der Waals surface area contributed by atoms with Crippen LogP contribution in [-0.2, 0) is 9.53 Å². The summed E-state index contributed by atoms with van der Waals surface area (Å²) in [7, 11) is 1.23. The molecule has 1 aromatic carbocycles. The van der Waals surface area contributed by atoms with Gasteiger partial charge in [0.05, 0.1) is 12.8 Å². The zero-order valence-corrected chi connectivity index (χ0v) is 12.3. The van der Waals surface area contributed by atoms with E-state index < -0.39 is 23.4 Å². The Bertz CT molecular complexity index is 949. The first-order valence-electron chi connectivity index (χ1n) is 6.69. The Morgan fingerprint density at radius 2 is 2.17 bits per heavy atom. The lowest BCUT2D eigenvalue weighted by Crippen LogP contribution is -2.29. The summed E-state index contributed by atoms with van der Waals surface area (Å²) < 4.78 is 20.3. The van der Waals surface area contributed by atoms with E-state index >= 15 is 0 Å². The highest BCUT2D eigenvalue weighted by Crippen LogP contribution is 2.14. The molecule has 9 heteroatoms. The smallest absolute Gasteiger partial charge is 0.328 e. The van der Waals surface area contributed by atoms with E-state index in [-0.39, 0.29) is 11.2 Å². The number of halogens is 1. The molecular formula is C14H12FN5O3. The maximum atomic E-state index is 13.3. The van der Waals surface area contributed by atoms with E-state index in [4.69, 9.17) is 0 Å². The number of carbonyl (C=O) groups excluding carboxylic acids is 1. The van der Waals surface area contributed by atoms with Gasteiger partial charge < -0.3 is 4.74 Å². The highest BCUT2D eigenvalue weighted by molar-refractivity contribution is 5.75. The summed E-state index contributed by atoms with van der Waals surface area (Å²) in [5.74, 6) is -1.02. The van der Waals surface area contributed by atoms with Gasteiger partial charge in [0.25, 0.3) is 5.56 Å². The number of hydrogen-bond acceptors (Lipinski definition) is 6. The Morgan fingerprint density at radius 3 is 2.87 bits per heavy atom. The largest absolute Gasteiger partial charge is 0.467 e. The molecule has 0 unspecified atom stereocenters. The van der Waals surface area contributed by atoms with Crippen LogP contribution in [-0.4, -0.2) is 37.6 Å². The van der Waals surface area contributed by atoms with Crippen LogP contribution in [0.15, 0.2) is 35.4 Å². The van der Waals surface area contributed by atoms with Gasteiger partial charge in [0.15, 0.2) is 11.2 Å². The molecule has 0 aliphatic heterocycles. The summed E-state index contributed by atoms with van der Waals surface area (Å²) in [6.07, 6.45) is 1.21. The van der Waals surface area contributed by atoms with Gasteiger partial charge >= 0.3 is 5.97 Å². The van der Waals surface area contributed by atoms with Gasteiger partial charge in [-0.3, -0.25) is 9.36 Å². The first kappa shape index (κ1) is 14.8. The van der Waals surface area contributed by atoms with Crippen LogP contribution in [0.3, 0.4) is 0 Å². The number of methoxy groups -OCH3 is 1. The predicted molar refractivity (Wildman–Crippen MR) is 77.6 cm³/mol. The summed E-state index contributed by atoms with van der Waals surface area (Å²) in [5, 5.41) is 7.64. The molecule has 0 N–H and O–H groups in total. The minimum absolute atomic E-state index is 0.0208. The first-order valence-corrected chi connectivity index (χ1v) is 6.69. The number of nitrogens with zero attached hydrogens (tertiary/aromatic N) is 5. The van der Waals surface area contributed by atoms with Crippen molar-refractivity contribution in [3.8, 4) is 5.69 Å². The summed E-state index contributed by atoms with van der Waals surface area (Å²) in [5.41, 5.74) is 0.00940. The van der Waals surface area contributed by atoms with Crippen LogP contribution in [0.2, 0.25) is 0 Å². The third kappa shape index (κ3) is 2.45. The van der Waals surface area contributed by atoms with E-state index in [0.29, 0.717) is 5.69 Å². The molecule has 8 nitrogen and oxygen atoms in total. The molecule has 2 aromatic heterocycles. The minimum atomic E-state index is -0.844. The van der Waals surface area contributed by atoms with E-state index in [1.54, 1.807) is 6.07 Å². The molecule has 118 valence electrons. The molecule has 0 saturated heterocycles. The third-order valence-electron chi connectivity index (χ3n) is 3.40. The zero-order valence-electron chi connectivity index (χ0n) is 12.3. The van der Waals surface area contributed by atoms with Crippen molar-refractivity contribution in [1.82, 2.24) is 24.5 Å². The van der Waals surface area contributed by atoms with Crippen LogP contribution in [0.1, 0.15) is 13.0 Å². The lowest BCUT2D eigenvalue weighted by Gasteiger charge is -2.11. The summed E-state index contributed by atoms with van der Waals surface area (Å²) in [6.45, 7) is 1.51.